The minimum absolute atomic E-state index is 0.0889. The molecule has 0 unspecified atom stereocenters. The Bertz CT molecular complexity index is 636. The molecular formula is C16H20N3O+. The molecule has 0 aliphatic heterocycles. The summed E-state index contributed by atoms with van der Waals surface area (Å²) in [6, 6.07) is 14.1. The number of fused-ring (bicyclic) bond motifs is 1. The number of carbonyl (C=O) groups is 1. The zero-order chi connectivity index (χ0) is 14.6. The summed E-state index contributed by atoms with van der Waals surface area (Å²) in [7, 11) is 5.90. The van der Waals surface area contributed by atoms with E-state index in [1.807, 2.05) is 51.5 Å². The number of hydrogen-bond donors (Lipinski definition) is 1. The van der Waals surface area contributed by atoms with E-state index in [9.17, 15) is 4.79 Å². The second-order valence-electron chi connectivity index (χ2n) is 5.81. The Morgan fingerprint density at radius 3 is 2.60 bits per heavy atom. The third-order valence-electron chi connectivity index (χ3n) is 2.83. The molecule has 1 N–H and O–H groups in total. The van der Waals surface area contributed by atoms with Crippen LogP contribution in [0.3, 0.4) is 0 Å². The summed E-state index contributed by atoms with van der Waals surface area (Å²) in [4.78, 5) is 11.7. The third kappa shape index (κ3) is 3.90. The minimum atomic E-state index is -0.0889. The second-order valence-corrected chi connectivity index (χ2v) is 5.81. The lowest BCUT2D eigenvalue weighted by atomic mass is 10.1. The van der Waals surface area contributed by atoms with E-state index >= 15 is 0 Å². The molecule has 2 aromatic rings. The van der Waals surface area contributed by atoms with Crippen LogP contribution >= 0.6 is 0 Å². The van der Waals surface area contributed by atoms with Gasteiger partial charge in [0.2, 0.25) is 0 Å². The van der Waals surface area contributed by atoms with E-state index < -0.39 is 0 Å². The summed E-state index contributed by atoms with van der Waals surface area (Å²) in [6.07, 6.45) is 1.69. The molecule has 1 amide bonds. The Kier molecular flexibility index (Phi) is 4.15. The maximum absolute atomic E-state index is 11.7. The Balaban J connectivity index is 2.09. The lowest BCUT2D eigenvalue weighted by molar-refractivity contribution is -0.862. The Morgan fingerprint density at radius 2 is 1.85 bits per heavy atom. The second kappa shape index (κ2) is 5.84. The van der Waals surface area contributed by atoms with Crippen molar-refractivity contribution >= 4 is 22.9 Å². The van der Waals surface area contributed by atoms with Crippen LogP contribution in [0.5, 0.6) is 0 Å². The van der Waals surface area contributed by atoms with E-state index in [1.54, 1.807) is 6.21 Å². The SMILES string of the molecule is C[N+](C)(C)CC(=O)N/N=C\c1cccc2ccccc12. The number of nitrogens with one attached hydrogen (secondary N) is 1. The molecule has 2 aromatic carbocycles. The van der Waals surface area contributed by atoms with Crippen molar-refractivity contribution in [2.45, 2.75) is 0 Å². The summed E-state index contributed by atoms with van der Waals surface area (Å²) in [5.41, 5.74) is 3.56. The largest absolute Gasteiger partial charge is 0.323 e. The van der Waals surface area contributed by atoms with E-state index in [0.29, 0.717) is 11.0 Å². The van der Waals surface area contributed by atoms with E-state index in [2.05, 4.69) is 22.7 Å². The van der Waals surface area contributed by atoms with E-state index in [-0.39, 0.29) is 5.91 Å². The molecule has 0 fully saturated rings. The average Bonchev–Trinajstić information content (AvgIpc) is 2.37. The van der Waals surface area contributed by atoms with Gasteiger partial charge in [-0.25, -0.2) is 5.43 Å². The molecule has 0 saturated carbocycles. The molecule has 0 heterocycles. The number of rotatable bonds is 4. The van der Waals surface area contributed by atoms with Gasteiger partial charge in [-0.3, -0.25) is 4.79 Å². The number of hydrazone groups is 1. The molecule has 0 saturated heterocycles. The predicted octanol–water partition coefficient (Wildman–Crippen LogP) is 2.00. The summed E-state index contributed by atoms with van der Waals surface area (Å²) >= 11 is 0. The lowest BCUT2D eigenvalue weighted by Gasteiger charge is -2.21. The van der Waals surface area contributed by atoms with Crippen molar-refractivity contribution in [1.82, 2.24) is 5.43 Å². The fourth-order valence-electron chi connectivity index (χ4n) is 2.00. The standard InChI is InChI=1S/C16H19N3O/c1-19(2,3)12-16(20)18-17-11-14-9-6-8-13-7-4-5-10-15(13)14/h4-11H,12H2,1-3H3/p+1/b17-11-. The van der Waals surface area contributed by atoms with E-state index in [1.165, 1.54) is 0 Å². The first-order chi connectivity index (χ1) is 9.46. The van der Waals surface area contributed by atoms with Crippen molar-refractivity contribution in [2.75, 3.05) is 27.7 Å². The van der Waals surface area contributed by atoms with Crippen LogP contribution in [0.1, 0.15) is 5.56 Å². The van der Waals surface area contributed by atoms with Crippen LogP contribution in [0.15, 0.2) is 47.6 Å². The number of hydrogen-bond acceptors (Lipinski definition) is 2. The molecule has 20 heavy (non-hydrogen) atoms. The molecule has 0 aromatic heterocycles. The van der Waals surface area contributed by atoms with Gasteiger partial charge in [-0.15, -0.1) is 0 Å². The van der Waals surface area contributed by atoms with Crippen LogP contribution in [0.4, 0.5) is 0 Å². The molecule has 0 radical (unpaired) electrons. The maximum atomic E-state index is 11.7. The highest BCUT2D eigenvalue weighted by Gasteiger charge is 2.13. The fraction of sp³-hybridized carbons (Fsp3) is 0.250. The average molecular weight is 270 g/mol. The van der Waals surface area contributed by atoms with Gasteiger partial charge in [0.25, 0.3) is 5.91 Å². The zero-order valence-corrected chi connectivity index (χ0v) is 12.1. The topological polar surface area (TPSA) is 41.5 Å². The molecule has 0 aliphatic carbocycles. The fourth-order valence-corrected chi connectivity index (χ4v) is 2.00. The lowest BCUT2D eigenvalue weighted by Crippen LogP contribution is -2.43. The number of quaternary nitrogens is 1. The summed E-state index contributed by atoms with van der Waals surface area (Å²) in [6.45, 7) is 0.396. The molecule has 2 rings (SSSR count). The molecule has 4 heteroatoms. The predicted molar refractivity (Wildman–Crippen MR) is 82.6 cm³/mol. The molecule has 4 nitrogen and oxygen atoms in total. The van der Waals surface area contributed by atoms with Gasteiger partial charge in [0.15, 0.2) is 6.54 Å². The Hall–Kier alpha value is -2.20. The molecule has 104 valence electrons. The van der Waals surface area contributed by atoms with Crippen LogP contribution in [-0.2, 0) is 4.79 Å². The van der Waals surface area contributed by atoms with Gasteiger partial charge >= 0.3 is 0 Å². The van der Waals surface area contributed by atoms with E-state index in [4.69, 9.17) is 0 Å². The monoisotopic (exact) mass is 270 g/mol. The number of benzene rings is 2. The van der Waals surface area contributed by atoms with Crippen molar-refractivity contribution in [3.8, 4) is 0 Å². The number of amides is 1. The Morgan fingerprint density at radius 1 is 1.15 bits per heavy atom. The number of nitrogens with zero attached hydrogens (tertiary/aromatic N) is 2. The molecule has 0 aliphatic rings. The van der Waals surface area contributed by atoms with Crippen LogP contribution in [0, 0.1) is 0 Å². The number of likely N-dealkylation sites (N-methyl/N-ethyl adjacent to an activating group) is 1. The summed E-state index contributed by atoms with van der Waals surface area (Å²) in [5, 5.41) is 6.33. The Labute approximate surface area is 119 Å². The van der Waals surface area contributed by atoms with Crippen LogP contribution < -0.4 is 5.43 Å². The van der Waals surface area contributed by atoms with Gasteiger partial charge in [-0.05, 0) is 10.8 Å². The quantitative estimate of drug-likeness (QED) is 0.515. The first-order valence-corrected chi connectivity index (χ1v) is 6.56. The highest BCUT2D eigenvalue weighted by atomic mass is 16.2. The zero-order valence-electron chi connectivity index (χ0n) is 12.1. The van der Waals surface area contributed by atoms with Gasteiger partial charge in [0, 0.05) is 5.56 Å². The smallest absolute Gasteiger partial charge is 0.295 e. The van der Waals surface area contributed by atoms with Crippen molar-refractivity contribution in [1.29, 1.82) is 0 Å². The maximum Gasteiger partial charge on any atom is 0.295 e. The molecule has 0 atom stereocenters. The number of carbonyl (C=O) groups excluding carboxylic acids is 1. The van der Waals surface area contributed by atoms with Gasteiger partial charge in [-0.1, -0.05) is 42.5 Å². The van der Waals surface area contributed by atoms with Crippen molar-refractivity contribution in [3.63, 3.8) is 0 Å². The summed E-state index contributed by atoms with van der Waals surface area (Å²) in [5.74, 6) is -0.0889. The van der Waals surface area contributed by atoms with Gasteiger partial charge in [-0.2, -0.15) is 5.10 Å². The normalized spacial score (nSPS) is 11.9. The molecule has 0 spiro atoms. The van der Waals surface area contributed by atoms with E-state index in [0.717, 1.165) is 16.3 Å². The van der Waals surface area contributed by atoms with Gasteiger partial charge < -0.3 is 4.48 Å². The van der Waals surface area contributed by atoms with Crippen molar-refractivity contribution in [3.05, 3.63) is 48.0 Å². The highest BCUT2D eigenvalue weighted by Crippen LogP contribution is 2.16. The van der Waals surface area contributed by atoms with Crippen LogP contribution in [0.25, 0.3) is 10.8 Å². The first-order valence-electron chi connectivity index (χ1n) is 6.56. The van der Waals surface area contributed by atoms with Crippen molar-refractivity contribution < 1.29 is 9.28 Å². The van der Waals surface area contributed by atoms with Crippen LogP contribution in [-0.4, -0.2) is 44.3 Å². The highest BCUT2D eigenvalue weighted by molar-refractivity contribution is 5.99. The van der Waals surface area contributed by atoms with Gasteiger partial charge in [0.1, 0.15) is 0 Å². The molecule has 0 bridgehead atoms. The molecular weight excluding hydrogens is 250 g/mol. The summed E-state index contributed by atoms with van der Waals surface area (Å²) < 4.78 is 0.579. The third-order valence-corrected chi connectivity index (χ3v) is 2.83. The van der Waals surface area contributed by atoms with Gasteiger partial charge in [0.05, 0.1) is 27.4 Å². The minimum Gasteiger partial charge on any atom is -0.323 e. The first kappa shape index (κ1) is 14.2. The van der Waals surface area contributed by atoms with Crippen molar-refractivity contribution in [2.24, 2.45) is 5.10 Å². The van der Waals surface area contributed by atoms with Crippen LogP contribution in [0.2, 0.25) is 0 Å².